The third kappa shape index (κ3) is 3.43. The number of esters is 1. The normalized spacial score (nSPS) is 11.9. The number of carbonyl (C=O) groups excluding carboxylic acids is 1. The molecule has 0 bridgehead atoms. The molecule has 0 N–H and O–H groups in total. The zero-order valence-corrected chi connectivity index (χ0v) is 11.2. The Balaban J connectivity index is 3.07. The van der Waals surface area contributed by atoms with Crippen molar-refractivity contribution in [3.05, 3.63) is 16.3 Å². The summed E-state index contributed by atoms with van der Waals surface area (Å²) < 4.78 is 11.2. The molecule has 1 rings (SSSR count). The lowest BCUT2D eigenvalue weighted by atomic mass is 10.2. The molecule has 0 amide bonds. The lowest BCUT2D eigenvalue weighted by Crippen LogP contribution is -2.21. The summed E-state index contributed by atoms with van der Waals surface area (Å²) in [5.41, 5.74) is -0.260. The fraction of sp³-hybridized carbons (Fsp3) is 0.636. The molecule has 0 aliphatic heterocycles. The standard InChI is InChI=1S/C11H17N3O5/c1-4-8(11(15)19-6-3)13-7-9(14(16)17)10(12-13)18-5-2/h7-8H,4-6H2,1-3H3/t8-/m0/s1. The van der Waals surface area contributed by atoms with Gasteiger partial charge in [-0.1, -0.05) is 6.92 Å². The van der Waals surface area contributed by atoms with Gasteiger partial charge >= 0.3 is 17.5 Å². The van der Waals surface area contributed by atoms with Crippen LogP contribution in [0.3, 0.4) is 0 Å². The largest absolute Gasteiger partial charge is 0.472 e. The number of carbonyl (C=O) groups is 1. The summed E-state index contributed by atoms with van der Waals surface area (Å²) >= 11 is 0. The number of nitrogens with zero attached hydrogens (tertiary/aromatic N) is 3. The summed E-state index contributed by atoms with van der Waals surface area (Å²) in [6.45, 7) is 5.67. The third-order valence-corrected chi connectivity index (χ3v) is 2.42. The predicted molar refractivity (Wildman–Crippen MR) is 66.0 cm³/mol. The van der Waals surface area contributed by atoms with E-state index in [0.29, 0.717) is 6.42 Å². The Hall–Kier alpha value is -2.12. The summed E-state index contributed by atoms with van der Waals surface area (Å²) in [5, 5.41) is 14.8. The topological polar surface area (TPSA) is 96.5 Å². The first kappa shape index (κ1) is 14.9. The number of nitro groups is 1. The fourth-order valence-corrected chi connectivity index (χ4v) is 1.59. The number of ether oxygens (including phenoxy) is 2. The second-order valence-electron chi connectivity index (χ2n) is 3.67. The van der Waals surface area contributed by atoms with Gasteiger partial charge in [-0.15, -0.1) is 5.10 Å². The average molecular weight is 271 g/mol. The van der Waals surface area contributed by atoms with E-state index in [-0.39, 0.29) is 24.8 Å². The van der Waals surface area contributed by atoms with Crippen molar-refractivity contribution in [1.82, 2.24) is 9.78 Å². The van der Waals surface area contributed by atoms with Crippen LogP contribution in [0.1, 0.15) is 33.2 Å². The van der Waals surface area contributed by atoms with E-state index >= 15 is 0 Å². The van der Waals surface area contributed by atoms with Crippen molar-refractivity contribution in [3.63, 3.8) is 0 Å². The summed E-state index contributed by atoms with van der Waals surface area (Å²) in [7, 11) is 0. The quantitative estimate of drug-likeness (QED) is 0.425. The van der Waals surface area contributed by atoms with Gasteiger partial charge in [0.1, 0.15) is 12.2 Å². The number of hydrogen-bond donors (Lipinski definition) is 0. The molecule has 0 aliphatic carbocycles. The van der Waals surface area contributed by atoms with E-state index in [9.17, 15) is 14.9 Å². The van der Waals surface area contributed by atoms with Gasteiger partial charge in [-0.05, 0) is 20.3 Å². The van der Waals surface area contributed by atoms with Crippen LogP contribution in [0.5, 0.6) is 5.88 Å². The van der Waals surface area contributed by atoms with Crippen molar-refractivity contribution in [3.8, 4) is 5.88 Å². The smallest absolute Gasteiger partial charge is 0.350 e. The van der Waals surface area contributed by atoms with E-state index < -0.39 is 16.9 Å². The molecule has 8 nitrogen and oxygen atoms in total. The van der Waals surface area contributed by atoms with E-state index in [1.54, 1.807) is 20.8 Å². The highest BCUT2D eigenvalue weighted by atomic mass is 16.6. The Labute approximate surface area is 110 Å². The molecule has 0 saturated heterocycles. The maximum absolute atomic E-state index is 11.7. The molecule has 19 heavy (non-hydrogen) atoms. The zero-order chi connectivity index (χ0) is 14.4. The Morgan fingerprint density at radius 1 is 1.47 bits per heavy atom. The van der Waals surface area contributed by atoms with Crippen LogP contribution in [0.2, 0.25) is 0 Å². The summed E-state index contributed by atoms with van der Waals surface area (Å²) in [6, 6.07) is -0.687. The molecule has 0 radical (unpaired) electrons. The first-order valence-corrected chi connectivity index (χ1v) is 6.08. The first-order chi connectivity index (χ1) is 9.04. The summed E-state index contributed by atoms with van der Waals surface area (Å²) in [4.78, 5) is 22.0. The average Bonchev–Trinajstić information content (AvgIpc) is 2.75. The Bertz CT molecular complexity index is 457. The zero-order valence-electron chi connectivity index (χ0n) is 11.2. The van der Waals surface area contributed by atoms with Gasteiger partial charge in [0, 0.05) is 0 Å². The van der Waals surface area contributed by atoms with Crippen molar-refractivity contribution in [2.45, 2.75) is 33.2 Å². The van der Waals surface area contributed by atoms with Crippen LogP contribution in [0.15, 0.2) is 6.20 Å². The lowest BCUT2D eigenvalue weighted by molar-refractivity contribution is -0.386. The van der Waals surface area contributed by atoms with Gasteiger partial charge in [0.25, 0.3) is 0 Å². The van der Waals surface area contributed by atoms with Gasteiger partial charge in [0.15, 0.2) is 0 Å². The molecular formula is C11H17N3O5. The first-order valence-electron chi connectivity index (χ1n) is 6.08. The van der Waals surface area contributed by atoms with E-state index in [2.05, 4.69) is 5.10 Å². The number of aromatic nitrogens is 2. The van der Waals surface area contributed by atoms with Crippen molar-refractivity contribution in [2.75, 3.05) is 13.2 Å². The summed E-state index contributed by atoms with van der Waals surface area (Å²) in [6.07, 6.45) is 1.61. The predicted octanol–water partition coefficient (Wildman–Crippen LogP) is 1.70. The van der Waals surface area contributed by atoms with Gasteiger partial charge in [-0.2, -0.15) is 0 Å². The van der Waals surface area contributed by atoms with Crippen LogP contribution >= 0.6 is 0 Å². The molecule has 1 heterocycles. The van der Waals surface area contributed by atoms with Crippen LogP contribution < -0.4 is 4.74 Å². The minimum atomic E-state index is -0.687. The van der Waals surface area contributed by atoms with Crippen molar-refractivity contribution >= 4 is 11.7 Å². The molecule has 1 aromatic heterocycles. The summed E-state index contributed by atoms with van der Waals surface area (Å²) in [5.74, 6) is -0.555. The number of hydrogen-bond acceptors (Lipinski definition) is 6. The molecular weight excluding hydrogens is 254 g/mol. The van der Waals surface area contributed by atoms with E-state index in [0.717, 1.165) is 0 Å². The van der Waals surface area contributed by atoms with Gasteiger partial charge in [0.05, 0.1) is 18.1 Å². The van der Waals surface area contributed by atoms with Gasteiger partial charge in [-0.3, -0.25) is 10.1 Å². The van der Waals surface area contributed by atoms with Crippen LogP contribution in [0, 0.1) is 10.1 Å². The number of rotatable bonds is 7. The Morgan fingerprint density at radius 3 is 2.63 bits per heavy atom. The van der Waals surface area contributed by atoms with Crippen LogP contribution in [-0.2, 0) is 9.53 Å². The van der Waals surface area contributed by atoms with Crippen LogP contribution in [0.25, 0.3) is 0 Å². The molecule has 1 aromatic rings. The van der Waals surface area contributed by atoms with Crippen molar-refractivity contribution in [2.24, 2.45) is 0 Å². The highest BCUT2D eigenvalue weighted by molar-refractivity contribution is 5.74. The van der Waals surface area contributed by atoms with Gasteiger partial charge in [-0.25, -0.2) is 9.48 Å². The molecule has 0 unspecified atom stereocenters. The van der Waals surface area contributed by atoms with E-state index in [1.807, 2.05) is 0 Å². The molecule has 0 spiro atoms. The fourth-order valence-electron chi connectivity index (χ4n) is 1.59. The maximum atomic E-state index is 11.7. The monoisotopic (exact) mass is 271 g/mol. The minimum Gasteiger partial charge on any atom is -0.472 e. The molecule has 8 heteroatoms. The SMILES string of the molecule is CCOC(=O)[C@H](CC)n1cc([N+](=O)[O-])c(OCC)n1. The molecule has 106 valence electrons. The van der Waals surface area contributed by atoms with E-state index in [4.69, 9.17) is 9.47 Å². The molecule has 0 saturated carbocycles. The second-order valence-corrected chi connectivity index (χ2v) is 3.67. The van der Waals surface area contributed by atoms with Crippen LogP contribution in [-0.4, -0.2) is 33.9 Å². The highest BCUT2D eigenvalue weighted by Crippen LogP contribution is 2.27. The van der Waals surface area contributed by atoms with Crippen LogP contribution in [0.4, 0.5) is 5.69 Å². The van der Waals surface area contributed by atoms with Crippen molar-refractivity contribution in [1.29, 1.82) is 0 Å². The highest BCUT2D eigenvalue weighted by Gasteiger charge is 2.27. The second kappa shape index (κ2) is 6.72. The van der Waals surface area contributed by atoms with Crippen molar-refractivity contribution < 1.29 is 19.2 Å². The van der Waals surface area contributed by atoms with Gasteiger partial charge in [0.2, 0.25) is 0 Å². The maximum Gasteiger partial charge on any atom is 0.350 e. The third-order valence-electron chi connectivity index (χ3n) is 2.42. The lowest BCUT2D eigenvalue weighted by Gasteiger charge is -2.13. The molecule has 0 aliphatic rings. The van der Waals surface area contributed by atoms with E-state index in [1.165, 1.54) is 10.9 Å². The molecule has 0 fully saturated rings. The molecule has 0 aromatic carbocycles. The minimum absolute atomic E-state index is 0.0877. The van der Waals surface area contributed by atoms with Gasteiger partial charge < -0.3 is 9.47 Å². The molecule has 1 atom stereocenters. The Morgan fingerprint density at radius 2 is 2.16 bits per heavy atom. The Kier molecular flexibility index (Phi) is 5.28.